The third-order valence-electron chi connectivity index (χ3n) is 0.803. The normalized spacial score (nSPS) is 8.80. The summed E-state index contributed by atoms with van der Waals surface area (Å²) in [7, 11) is 0. The molecule has 0 spiro atoms. The van der Waals surface area contributed by atoms with Crippen molar-refractivity contribution < 1.29 is 0 Å². The van der Waals surface area contributed by atoms with Gasteiger partial charge in [-0.2, -0.15) is 0 Å². The molecule has 0 aliphatic rings. The van der Waals surface area contributed by atoms with Crippen molar-refractivity contribution >= 4 is 23.5 Å². The van der Waals surface area contributed by atoms with Gasteiger partial charge in [-0.15, -0.1) is 36.4 Å². The van der Waals surface area contributed by atoms with Crippen molar-refractivity contribution in [3.8, 4) is 24.7 Å². The largest absolute Gasteiger partial charge is 0.135 e. The molecule has 0 atom stereocenters. The van der Waals surface area contributed by atoms with Crippen LogP contribution in [-0.2, 0) is 0 Å². The Balaban J connectivity index is 3.20. The maximum absolute atomic E-state index is 5.09. The van der Waals surface area contributed by atoms with Crippen LogP contribution in [-0.4, -0.2) is 16.1 Å². The van der Waals surface area contributed by atoms with Gasteiger partial charge in [-0.25, -0.2) is 0 Å². The van der Waals surface area contributed by atoms with E-state index in [1.165, 1.54) is 0 Å². The van der Waals surface area contributed by atoms with Gasteiger partial charge < -0.3 is 0 Å². The third kappa shape index (κ3) is 5.95. The molecule has 2 heteroatoms. The molecular weight excluding hydrogens is 160 g/mol. The van der Waals surface area contributed by atoms with E-state index >= 15 is 0 Å². The first-order valence-corrected chi connectivity index (χ1v) is 5.01. The molecule has 0 radical (unpaired) electrons. The quantitative estimate of drug-likeness (QED) is 0.468. The molecule has 0 heterocycles. The highest BCUT2D eigenvalue weighted by Crippen LogP contribution is 2.21. The van der Waals surface area contributed by atoms with E-state index < -0.39 is 0 Å². The van der Waals surface area contributed by atoms with Crippen LogP contribution < -0.4 is 0 Å². The van der Waals surface area contributed by atoms with Crippen LogP contribution in [0.15, 0.2) is 0 Å². The summed E-state index contributed by atoms with van der Waals surface area (Å²) in [6.45, 7) is 2.12. The summed E-state index contributed by atoms with van der Waals surface area (Å²) in [5.41, 5.74) is 0. The smallest absolute Gasteiger partial charge is 0.0555 e. The van der Waals surface area contributed by atoms with E-state index in [0.29, 0.717) is 4.58 Å². The van der Waals surface area contributed by atoms with Gasteiger partial charge in [0.1, 0.15) is 0 Å². The first kappa shape index (κ1) is 9.82. The predicted molar refractivity (Wildman–Crippen MR) is 52.0 cm³/mol. The zero-order chi connectivity index (χ0) is 7.82. The first-order valence-electron chi connectivity index (χ1n) is 2.91. The molecule has 0 aromatic rings. The number of hydrogen-bond donors (Lipinski definition) is 0. The lowest BCUT2D eigenvalue weighted by atomic mass is 10.8. The standard InChI is InChI=1S/C8H10S2/c1-4-6-9-8(3)10-7-5-2/h1-2,8H,6-7H2,3H3. The van der Waals surface area contributed by atoms with Crippen LogP contribution >= 0.6 is 23.5 Å². The Hall–Kier alpha value is -0.180. The average molecular weight is 170 g/mol. The molecule has 0 rings (SSSR count). The number of thioether (sulfide) groups is 2. The number of rotatable bonds is 4. The first-order chi connectivity index (χ1) is 4.81. The van der Waals surface area contributed by atoms with Gasteiger partial charge in [0.25, 0.3) is 0 Å². The molecule has 0 bridgehead atoms. The molecule has 0 aromatic carbocycles. The van der Waals surface area contributed by atoms with Crippen LogP contribution in [0.1, 0.15) is 6.92 Å². The minimum atomic E-state index is 0.520. The fourth-order valence-electron chi connectivity index (χ4n) is 0.379. The molecule has 0 amide bonds. The number of hydrogen-bond acceptors (Lipinski definition) is 2. The van der Waals surface area contributed by atoms with E-state index in [0.717, 1.165) is 11.5 Å². The van der Waals surface area contributed by atoms with E-state index in [1.807, 2.05) is 0 Å². The van der Waals surface area contributed by atoms with Crippen LogP contribution in [0.25, 0.3) is 0 Å². The zero-order valence-corrected chi connectivity index (χ0v) is 7.60. The van der Waals surface area contributed by atoms with Crippen LogP contribution in [0.2, 0.25) is 0 Å². The summed E-state index contributed by atoms with van der Waals surface area (Å²) in [6.07, 6.45) is 10.2. The molecule has 0 saturated heterocycles. The second kappa shape index (κ2) is 6.93. The van der Waals surface area contributed by atoms with Crippen LogP contribution in [0.3, 0.4) is 0 Å². The van der Waals surface area contributed by atoms with E-state index in [9.17, 15) is 0 Å². The van der Waals surface area contributed by atoms with E-state index in [-0.39, 0.29) is 0 Å². The molecule has 0 fully saturated rings. The lowest BCUT2D eigenvalue weighted by molar-refractivity contribution is 1.42. The van der Waals surface area contributed by atoms with Gasteiger partial charge in [-0.1, -0.05) is 11.8 Å². The lowest BCUT2D eigenvalue weighted by Crippen LogP contribution is -1.90. The van der Waals surface area contributed by atoms with Crippen molar-refractivity contribution in [2.75, 3.05) is 11.5 Å². The van der Waals surface area contributed by atoms with Gasteiger partial charge in [0.05, 0.1) is 11.5 Å². The SMILES string of the molecule is C#CCSC(C)SCC#C. The molecule has 0 aromatic heterocycles. The minimum Gasteiger partial charge on any atom is -0.135 e. The molecule has 0 nitrogen and oxygen atoms in total. The van der Waals surface area contributed by atoms with Crippen LogP contribution in [0.4, 0.5) is 0 Å². The zero-order valence-electron chi connectivity index (χ0n) is 5.96. The van der Waals surface area contributed by atoms with E-state index in [1.54, 1.807) is 23.5 Å². The molecule has 0 aliphatic carbocycles. The summed E-state index contributed by atoms with van der Waals surface area (Å²) in [4.78, 5) is 0. The highest BCUT2D eigenvalue weighted by Gasteiger charge is 1.98. The lowest BCUT2D eigenvalue weighted by Gasteiger charge is -2.04. The highest BCUT2D eigenvalue weighted by atomic mass is 32.2. The Morgan fingerprint density at radius 1 is 1.20 bits per heavy atom. The van der Waals surface area contributed by atoms with Gasteiger partial charge in [-0.3, -0.25) is 0 Å². The van der Waals surface area contributed by atoms with E-state index in [2.05, 4.69) is 18.8 Å². The number of terminal acetylenes is 2. The van der Waals surface area contributed by atoms with E-state index in [4.69, 9.17) is 12.8 Å². The fraction of sp³-hybridized carbons (Fsp3) is 0.500. The average Bonchev–Trinajstić information content (AvgIpc) is 1.97. The van der Waals surface area contributed by atoms with Gasteiger partial charge in [-0.05, 0) is 6.92 Å². The molecule has 0 saturated carbocycles. The Labute approximate surface area is 71.5 Å². The molecular formula is C8H10S2. The van der Waals surface area contributed by atoms with Crippen molar-refractivity contribution in [2.24, 2.45) is 0 Å². The summed E-state index contributed by atoms with van der Waals surface area (Å²) >= 11 is 3.50. The molecule has 0 N–H and O–H groups in total. The van der Waals surface area contributed by atoms with Crippen LogP contribution in [0, 0.1) is 24.7 Å². The maximum atomic E-state index is 5.09. The van der Waals surface area contributed by atoms with Gasteiger partial charge in [0, 0.05) is 4.58 Å². The molecule has 10 heavy (non-hydrogen) atoms. The summed E-state index contributed by atoms with van der Waals surface area (Å²) in [6, 6.07) is 0. The monoisotopic (exact) mass is 170 g/mol. The minimum absolute atomic E-state index is 0.520. The van der Waals surface area contributed by atoms with Crippen molar-refractivity contribution in [1.29, 1.82) is 0 Å². The second-order valence-electron chi connectivity index (χ2n) is 1.60. The summed E-state index contributed by atoms with van der Waals surface area (Å²) in [5, 5.41) is 0. The third-order valence-corrected chi connectivity index (χ3v) is 3.22. The van der Waals surface area contributed by atoms with Gasteiger partial charge in [0.2, 0.25) is 0 Å². The second-order valence-corrected chi connectivity index (χ2v) is 4.55. The Morgan fingerprint density at radius 3 is 1.90 bits per heavy atom. The molecule has 54 valence electrons. The van der Waals surface area contributed by atoms with Gasteiger partial charge in [0.15, 0.2) is 0 Å². The van der Waals surface area contributed by atoms with Crippen molar-refractivity contribution in [2.45, 2.75) is 11.5 Å². The Morgan fingerprint density at radius 2 is 1.60 bits per heavy atom. The maximum Gasteiger partial charge on any atom is 0.0555 e. The van der Waals surface area contributed by atoms with Gasteiger partial charge >= 0.3 is 0 Å². The van der Waals surface area contributed by atoms with Crippen molar-refractivity contribution in [3.63, 3.8) is 0 Å². The van der Waals surface area contributed by atoms with Crippen molar-refractivity contribution in [1.82, 2.24) is 0 Å². The summed E-state index contributed by atoms with van der Waals surface area (Å²) < 4.78 is 0.520. The molecule has 0 unspecified atom stereocenters. The predicted octanol–water partition coefficient (Wildman–Crippen LogP) is 2.07. The topological polar surface area (TPSA) is 0 Å². The Kier molecular flexibility index (Phi) is 6.81. The highest BCUT2D eigenvalue weighted by molar-refractivity contribution is 8.17. The van der Waals surface area contributed by atoms with Crippen molar-refractivity contribution in [3.05, 3.63) is 0 Å². The fourth-order valence-corrected chi connectivity index (χ4v) is 1.83. The summed E-state index contributed by atoms with van der Waals surface area (Å²) in [5.74, 6) is 6.70. The Bertz CT molecular complexity index is 132. The molecule has 0 aliphatic heterocycles. The van der Waals surface area contributed by atoms with Crippen LogP contribution in [0.5, 0.6) is 0 Å².